The van der Waals surface area contributed by atoms with Crippen molar-refractivity contribution in [1.82, 2.24) is 5.32 Å². The van der Waals surface area contributed by atoms with Crippen molar-refractivity contribution >= 4 is 23.0 Å². The van der Waals surface area contributed by atoms with E-state index in [0.29, 0.717) is 24.9 Å². The molecule has 1 unspecified atom stereocenters. The molecule has 0 saturated carbocycles. The summed E-state index contributed by atoms with van der Waals surface area (Å²) in [6.45, 7) is 3.61. The van der Waals surface area contributed by atoms with Crippen LogP contribution in [0.25, 0.3) is 0 Å². The van der Waals surface area contributed by atoms with Gasteiger partial charge in [-0.1, -0.05) is 0 Å². The molecule has 26 heavy (non-hydrogen) atoms. The highest BCUT2D eigenvalue weighted by Crippen LogP contribution is 2.32. The van der Waals surface area contributed by atoms with Gasteiger partial charge in [0.2, 0.25) is 0 Å². The third-order valence-corrected chi connectivity index (χ3v) is 3.96. The fraction of sp³-hybridized carbons (Fsp3) is 0.316. The summed E-state index contributed by atoms with van der Waals surface area (Å²) in [6, 6.07) is 13.2. The predicted molar refractivity (Wildman–Crippen MR) is 105 cm³/mol. The van der Waals surface area contributed by atoms with Gasteiger partial charge in [0.1, 0.15) is 31.3 Å². The highest BCUT2D eigenvalue weighted by Gasteiger charge is 2.12. The summed E-state index contributed by atoms with van der Waals surface area (Å²) in [7, 11) is 1.64. The molecule has 6 nitrogen and oxygen atoms in total. The van der Waals surface area contributed by atoms with Crippen molar-refractivity contribution in [2.45, 2.75) is 13.0 Å². The van der Waals surface area contributed by atoms with Crippen LogP contribution in [0, 0.1) is 0 Å². The van der Waals surface area contributed by atoms with E-state index < -0.39 is 0 Å². The van der Waals surface area contributed by atoms with Crippen molar-refractivity contribution < 1.29 is 18.9 Å². The Morgan fingerprint density at radius 2 is 1.77 bits per heavy atom. The van der Waals surface area contributed by atoms with E-state index in [4.69, 9.17) is 31.2 Å². The molecule has 1 aliphatic heterocycles. The van der Waals surface area contributed by atoms with Crippen molar-refractivity contribution in [3.8, 4) is 23.0 Å². The van der Waals surface area contributed by atoms with E-state index >= 15 is 0 Å². The molecule has 1 aliphatic rings. The third kappa shape index (κ3) is 4.92. The topological polar surface area (TPSA) is 61.0 Å². The van der Waals surface area contributed by atoms with Gasteiger partial charge < -0.3 is 29.6 Å². The first-order chi connectivity index (χ1) is 12.6. The molecule has 0 aromatic heterocycles. The zero-order valence-corrected chi connectivity index (χ0v) is 15.6. The normalized spacial score (nSPS) is 13.5. The lowest BCUT2D eigenvalue weighted by atomic mass is 10.2. The van der Waals surface area contributed by atoms with Gasteiger partial charge in [0.05, 0.1) is 13.2 Å². The van der Waals surface area contributed by atoms with Crippen LogP contribution in [0.15, 0.2) is 42.5 Å². The number of thiocarbonyl (C=S) groups is 1. The number of benzene rings is 2. The largest absolute Gasteiger partial charge is 0.497 e. The summed E-state index contributed by atoms with van der Waals surface area (Å²) in [4.78, 5) is 0. The van der Waals surface area contributed by atoms with Crippen LogP contribution in [0.2, 0.25) is 0 Å². The van der Waals surface area contributed by atoms with Gasteiger partial charge in [-0.25, -0.2) is 0 Å². The summed E-state index contributed by atoms with van der Waals surface area (Å²) >= 11 is 5.36. The summed E-state index contributed by atoms with van der Waals surface area (Å²) in [6.07, 6.45) is 0. The molecule has 1 heterocycles. The maximum absolute atomic E-state index is 5.75. The molecule has 0 radical (unpaired) electrons. The van der Waals surface area contributed by atoms with Crippen LogP contribution in [-0.2, 0) is 0 Å². The van der Waals surface area contributed by atoms with Crippen LogP contribution in [-0.4, -0.2) is 38.1 Å². The Morgan fingerprint density at radius 3 is 2.50 bits per heavy atom. The first kappa shape index (κ1) is 18.1. The Bertz CT molecular complexity index is 752. The van der Waals surface area contributed by atoms with Gasteiger partial charge in [-0.2, -0.15) is 0 Å². The predicted octanol–water partition coefficient (Wildman–Crippen LogP) is 3.22. The van der Waals surface area contributed by atoms with Crippen molar-refractivity contribution in [3.05, 3.63) is 42.5 Å². The minimum Gasteiger partial charge on any atom is -0.497 e. The molecule has 2 aromatic carbocycles. The minimum absolute atomic E-state index is 0.0364. The second-order valence-electron chi connectivity index (χ2n) is 5.84. The van der Waals surface area contributed by atoms with Crippen LogP contribution in [0.1, 0.15) is 6.92 Å². The average molecular weight is 374 g/mol. The number of anilines is 1. The summed E-state index contributed by atoms with van der Waals surface area (Å²) in [5, 5.41) is 6.87. The van der Waals surface area contributed by atoms with Crippen molar-refractivity contribution in [1.29, 1.82) is 0 Å². The van der Waals surface area contributed by atoms with E-state index in [2.05, 4.69) is 10.6 Å². The standard InChI is InChI=1S/C19H22N2O4S/c1-13(12-25-16-6-4-15(22-2)5-7-16)20-19(26)21-14-3-8-17-18(11-14)24-10-9-23-17/h3-8,11,13H,9-10,12H2,1-2H3,(H2,20,21,26). The zero-order valence-electron chi connectivity index (χ0n) is 14.8. The lowest BCUT2D eigenvalue weighted by Gasteiger charge is -2.20. The summed E-state index contributed by atoms with van der Waals surface area (Å²) in [5.41, 5.74) is 0.843. The third-order valence-electron chi connectivity index (χ3n) is 3.74. The number of rotatable bonds is 6. The fourth-order valence-electron chi connectivity index (χ4n) is 2.45. The Labute approximate surface area is 158 Å². The Balaban J connectivity index is 1.46. The molecule has 3 rings (SSSR count). The first-order valence-corrected chi connectivity index (χ1v) is 8.79. The van der Waals surface area contributed by atoms with Gasteiger partial charge in [-0.3, -0.25) is 0 Å². The fourth-order valence-corrected chi connectivity index (χ4v) is 2.77. The Kier molecular flexibility index (Phi) is 6.01. The maximum atomic E-state index is 5.75. The van der Waals surface area contributed by atoms with E-state index in [9.17, 15) is 0 Å². The Morgan fingerprint density at radius 1 is 1.08 bits per heavy atom. The maximum Gasteiger partial charge on any atom is 0.171 e. The lowest BCUT2D eigenvalue weighted by molar-refractivity contribution is 0.171. The summed E-state index contributed by atoms with van der Waals surface area (Å²) < 4.78 is 22.0. The van der Waals surface area contributed by atoms with Crippen LogP contribution < -0.4 is 29.6 Å². The van der Waals surface area contributed by atoms with E-state index in [0.717, 1.165) is 28.7 Å². The van der Waals surface area contributed by atoms with Gasteiger partial charge >= 0.3 is 0 Å². The lowest BCUT2D eigenvalue weighted by Crippen LogP contribution is -2.39. The number of fused-ring (bicyclic) bond motifs is 1. The highest BCUT2D eigenvalue weighted by atomic mass is 32.1. The van der Waals surface area contributed by atoms with Crippen LogP contribution in [0.4, 0.5) is 5.69 Å². The second-order valence-corrected chi connectivity index (χ2v) is 6.25. The second kappa shape index (κ2) is 8.62. The van der Waals surface area contributed by atoms with E-state index in [-0.39, 0.29) is 6.04 Å². The molecular weight excluding hydrogens is 352 g/mol. The van der Waals surface area contributed by atoms with E-state index in [1.54, 1.807) is 7.11 Å². The van der Waals surface area contributed by atoms with Gasteiger partial charge in [-0.05, 0) is 55.5 Å². The molecule has 7 heteroatoms. The molecule has 0 aliphatic carbocycles. The molecule has 0 saturated heterocycles. The molecule has 0 fully saturated rings. The molecule has 138 valence electrons. The molecule has 0 bridgehead atoms. The molecule has 2 N–H and O–H groups in total. The smallest absolute Gasteiger partial charge is 0.171 e. The van der Waals surface area contributed by atoms with Crippen LogP contribution in [0.5, 0.6) is 23.0 Å². The highest BCUT2D eigenvalue weighted by molar-refractivity contribution is 7.80. The van der Waals surface area contributed by atoms with Crippen molar-refractivity contribution in [2.75, 3.05) is 32.2 Å². The Hall–Kier alpha value is -2.67. The number of hydrogen-bond acceptors (Lipinski definition) is 5. The zero-order chi connectivity index (χ0) is 18.4. The van der Waals surface area contributed by atoms with Crippen LogP contribution >= 0.6 is 12.2 Å². The van der Waals surface area contributed by atoms with E-state index in [1.165, 1.54) is 0 Å². The molecule has 0 amide bonds. The molecule has 1 atom stereocenters. The monoisotopic (exact) mass is 374 g/mol. The van der Waals surface area contributed by atoms with Gasteiger partial charge in [0, 0.05) is 11.8 Å². The quantitative estimate of drug-likeness (QED) is 0.753. The average Bonchev–Trinajstić information content (AvgIpc) is 2.66. The minimum atomic E-state index is 0.0364. The van der Waals surface area contributed by atoms with E-state index in [1.807, 2.05) is 49.4 Å². The van der Waals surface area contributed by atoms with Gasteiger partial charge in [0.25, 0.3) is 0 Å². The molecule has 2 aromatic rings. The number of ether oxygens (including phenoxy) is 4. The number of methoxy groups -OCH3 is 1. The molecular formula is C19H22N2O4S. The number of hydrogen-bond donors (Lipinski definition) is 2. The van der Waals surface area contributed by atoms with Gasteiger partial charge in [-0.15, -0.1) is 0 Å². The van der Waals surface area contributed by atoms with Crippen LogP contribution in [0.3, 0.4) is 0 Å². The number of nitrogens with one attached hydrogen (secondary N) is 2. The first-order valence-electron chi connectivity index (χ1n) is 8.38. The summed E-state index contributed by atoms with van der Waals surface area (Å²) in [5.74, 6) is 3.06. The SMILES string of the molecule is COc1ccc(OCC(C)NC(=S)Nc2ccc3c(c2)OCCO3)cc1. The van der Waals surface area contributed by atoms with Crippen molar-refractivity contribution in [3.63, 3.8) is 0 Å². The molecule has 0 spiro atoms. The van der Waals surface area contributed by atoms with Gasteiger partial charge in [0.15, 0.2) is 16.6 Å². The van der Waals surface area contributed by atoms with Crippen molar-refractivity contribution in [2.24, 2.45) is 0 Å².